The van der Waals surface area contributed by atoms with E-state index in [0.29, 0.717) is 18.3 Å². The maximum absolute atomic E-state index is 12.4. The molecule has 0 bridgehead atoms. The molecule has 138 valence electrons. The number of piperidine rings is 1. The van der Waals surface area contributed by atoms with Crippen LogP contribution in [0, 0.1) is 12.8 Å². The van der Waals surface area contributed by atoms with Crippen molar-refractivity contribution >= 4 is 17.5 Å². The number of anilines is 2. The molecule has 0 spiro atoms. The van der Waals surface area contributed by atoms with Gasteiger partial charge in [-0.15, -0.1) is 0 Å². The Balaban J connectivity index is 1.70. The number of aryl methyl sites for hydroxylation is 1. The standard InChI is InChI=1S/C21H28N4O/c1-15(2)12-20(26)25-11-5-7-17(14-25)19-9-10-22-21(24-19)23-18-8-4-6-16(3)13-18/h4,6,8-10,13,15,17H,5,7,11-12,14H2,1-3H3,(H,22,23,24)/t17-/m0/s1. The summed E-state index contributed by atoms with van der Waals surface area (Å²) in [5.74, 6) is 1.54. The summed E-state index contributed by atoms with van der Waals surface area (Å²) in [6, 6.07) is 10.1. The van der Waals surface area contributed by atoms with Crippen LogP contribution in [0.3, 0.4) is 0 Å². The number of benzene rings is 1. The fourth-order valence-corrected chi connectivity index (χ4v) is 3.44. The number of hydrogen-bond donors (Lipinski definition) is 1. The summed E-state index contributed by atoms with van der Waals surface area (Å²) in [4.78, 5) is 23.5. The Bertz CT molecular complexity index is 759. The van der Waals surface area contributed by atoms with Gasteiger partial charge in [0.2, 0.25) is 11.9 Å². The van der Waals surface area contributed by atoms with Gasteiger partial charge in [-0.1, -0.05) is 26.0 Å². The van der Waals surface area contributed by atoms with Gasteiger partial charge in [0.25, 0.3) is 0 Å². The van der Waals surface area contributed by atoms with Crippen LogP contribution >= 0.6 is 0 Å². The summed E-state index contributed by atoms with van der Waals surface area (Å²) >= 11 is 0. The molecule has 2 aromatic rings. The summed E-state index contributed by atoms with van der Waals surface area (Å²) < 4.78 is 0. The zero-order valence-corrected chi connectivity index (χ0v) is 15.9. The van der Waals surface area contributed by atoms with Crippen molar-refractivity contribution < 1.29 is 4.79 Å². The first-order chi connectivity index (χ1) is 12.5. The van der Waals surface area contributed by atoms with Gasteiger partial charge in [0.05, 0.1) is 5.69 Å². The van der Waals surface area contributed by atoms with Crippen LogP contribution in [0.1, 0.15) is 50.3 Å². The van der Waals surface area contributed by atoms with Crippen LogP contribution in [0.15, 0.2) is 36.5 Å². The molecule has 1 fully saturated rings. The molecular formula is C21H28N4O. The van der Waals surface area contributed by atoms with Gasteiger partial charge in [0, 0.05) is 37.3 Å². The van der Waals surface area contributed by atoms with Crippen molar-refractivity contribution in [3.05, 3.63) is 47.8 Å². The summed E-state index contributed by atoms with van der Waals surface area (Å²) in [6.45, 7) is 7.86. The largest absolute Gasteiger partial charge is 0.342 e. The third-order valence-corrected chi connectivity index (χ3v) is 4.73. The van der Waals surface area contributed by atoms with Crippen molar-refractivity contribution in [1.82, 2.24) is 14.9 Å². The molecule has 1 aromatic heterocycles. The maximum atomic E-state index is 12.4. The molecule has 1 atom stereocenters. The molecule has 2 heterocycles. The van der Waals surface area contributed by atoms with Crippen molar-refractivity contribution in [3.63, 3.8) is 0 Å². The first-order valence-electron chi connectivity index (χ1n) is 9.45. The highest BCUT2D eigenvalue weighted by atomic mass is 16.2. The molecule has 0 unspecified atom stereocenters. The Morgan fingerprint density at radius 1 is 1.35 bits per heavy atom. The molecule has 1 N–H and O–H groups in total. The summed E-state index contributed by atoms with van der Waals surface area (Å²) in [7, 11) is 0. The van der Waals surface area contributed by atoms with Crippen molar-refractivity contribution in [2.24, 2.45) is 5.92 Å². The molecule has 26 heavy (non-hydrogen) atoms. The van der Waals surface area contributed by atoms with Crippen LogP contribution < -0.4 is 5.32 Å². The fraction of sp³-hybridized carbons (Fsp3) is 0.476. The quantitative estimate of drug-likeness (QED) is 0.872. The Morgan fingerprint density at radius 2 is 2.19 bits per heavy atom. The highest BCUT2D eigenvalue weighted by Crippen LogP contribution is 2.27. The zero-order chi connectivity index (χ0) is 18.5. The third kappa shape index (κ3) is 4.81. The second-order valence-electron chi connectivity index (χ2n) is 7.58. The Kier molecular flexibility index (Phi) is 5.86. The lowest BCUT2D eigenvalue weighted by molar-refractivity contribution is -0.133. The van der Waals surface area contributed by atoms with E-state index < -0.39 is 0 Å². The summed E-state index contributed by atoms with van der Waals surface area (Å²) in [5.41, 5.74) is 3.19. The van der Waals surface area contributed by atoms with Crippen LogP contribution in [0.2, 0.25) is 0 Å². The summed E-state index contributed by atoms with van der Waals surface area (Å²) in [6.07, 6.45) is 4.51. The van der Waals surface area contributed by atoms with E-state index in [9.17, 15) is 4.79 Å². The second-order valence-corrected chi connectivity index (χ2v) is 7.58. The van der Waals surface area contributed by atoms with E-state index in [1.165, 1.54) is 5.56 Å². The van der Waals surface area contributed by atoms with E-state index in [1.807, 2.05) is 23.1 Å². The number of likely N-dealkylation sites (tertiary alicyclic amines) is 1. The van der Waals surface area contributed by atoms with E-state index in [2.05, 4.69) is 43.2 Å². The third-order valence-electron chi connectivity index (χ3n) is 4.73. The number of aromatic nitrogens is 2. The topological polar surface area (TPSA) is 58.1 Å². The van der Waals surface area contributed by atoms with Gasteiger partial charge >= 0.3 is 0 Å². The minimum absolute atomic E-state index is 0.261. The van der Waals surface area contributed by atoms with Crippen molar-refractivity contribution in [2.75, 3.05) is 18.4 Å². The van der Waals surface area contributed by atoms with Gasteiger partial charge in [-0.2, -0.15) is 0 Å². The molecule has 1 aromatic carbocycles. The first kappa shape index (κ1) is 18.4. The highest BCUT2D eigenvalue weighted by Gasteiger charge is 2.26. The van der Waals surface area contributed by atoms with Crippen molar-refractivity contribution in [3.8, 4) is 0 Å². The number of nitrogens with one attached hydrogen (secondary N) is 1. The Labute approximate surface area is 155 Å². The van der Waals surface area contributed by atoms with Gasteiger partial charge in [-0.05, 0) is 49.4 Å². The maximum Gasteiger partial charge on any atom is 0.227 e. The normalized spacial score (nSPS) is 17.4. The van der Waals surface area contributed by atoms with E-state index in [4.69, 9.17) is 4.98 Å². The monoisotopic (exact) mass is 352 g/mol. The van der Waals surface area contributed by atoms with Gasteiger partial charge < -0.3 is 10.2 Å². The minimum atomic E-state index is 0.261. The van der Waals surface area contributed by atoms with Crippen molar-refractivity contribution in [2.45, 2.75) is 46.0 Å². The smallest absolute Gasteiger partial charge is 0.227 e. The lowest BCUT2D eigenvalue weighted by Gasteiger charge is -2.33. The van der Waals surface area contributed by atoms with Gasteiger partial charge in [0.1, 0.15) is 0 Å². The average Bonchev–Trinajstić information content (AvgIpc) is 2.61. The van der Waals surface area contributed by atoms with Gasteiger partial charge in [0.15, 0.2) is 0 Å². The Hall–Kier alpha value is -2.43. The molecule has 1 saturated heterocycles. The SMILES string of the molecule is Cc1cccc(Nc2nccc([C@H]3CCCN(C(=O)CC(C)C)C3)n2)c1. The fourth-order valence-electron chi connectivity index (χ4n) is 3.44. The minimum Gasteiger partial charge on any atom is -0.342 e. The average molecular weight is 352 g/mol. The van der Waals surface area contributed by atoms with E-state index in [0.717, 1.165) is 37.3 Å². The molecule has 0 aliphatic carbocycles. The predicted octanol–water partition coefficient (Wildman–Crippen LogP) is 4.28. The molecule has 1 amide bonds. The number of nitrogens with zero attached hydrogens (tertiary/aromatic N) is 3. The van der Waals surface area contributed by atoms with Crippen LogP contribution in [-0.2, 0) is 4.79 Å². The van der Waals surface area contributed by atoms with Gasteiger partial charge in [-0.3, -0.25) is 4.79 Å². The van der Waals surface area contributed by atoms with Crippen LogP contribution in [0.5, 0.6) is 0 Å². The molecule has 1 aliphatic heterocycles. The number of carbonyl (C=O) groups is 1. The highest BCUT2D eigenvalue weighted by molar-refractivity contribution is 5.76. The molecule has 0 saturated carbocycles. The van der Waals surface area contributed by atoms with E-state index in [-0.39, 0.29) is 11.8 Å². The number of amides is 1. The first-order valence-corrected chi connectivity index (χ1v) is 9.45. The van der Waals surface area contributed by atoms with Crippen molar-refractivity contribution in [1.29, 1.82) is 0 Å². The molecule has 5 heteroatoms. The molecular weight excluding hydrogens is 324 g/mol. The van der Waals surface area contributed by atoms with Crippen LogP contribution in [0.4, 0.5) is 11.6 Å². The predicted molar refractivity (Wildman–Crippen MR) is 105 cm³/mol. The lowest BCUT2D eigenvalue weighted by atomic mass is 9.94. The summed E-state index contributed by atoms with van der Waals surface area (Å²) in [5, 5.41) is 3.28. The van der Waals surface area contributed by atoms with E-state index in [1.54, 1.807) is 6.20 Å². The zero-order valence-electron chi connectivity index (χ0n) is 15.9. The van der Waals surface area contributed by atoms with Crippen LogP contribution in [-0.4, -0.2) is 33.9 Å². The molecule has 5 nitrogen and oxygen atoms in total. The van der Waals surface area contributed by atoms with Gasteiger partial charge in [-0.25, -0.2) is 9.97 Å². The second kappa shape index (κ2) is 8.30. The Morgan fingerprint density at radius 3 is 2.96 bits per heavy atom. The lowest BCUT2D eigenvalue weighted by Crippen LogP contribution is -2.39. The number of rotatable bonds is 5. The molecule has 3 rings (SSSR count). The number of carbonyl (C=O) groups excluding carboxylic acids is 1. The molecule has 1 aliphatic rings. The van der Waals surface area contributed by atoms with Crippen LogP contribution in [0.25, 0.3) is 0 Å². The molecule has 0 radical (unpaired) electrons. The number of hydrogen-bond acceptors (Lipinski definition) is 4. The van der Waals surface area contributed by atoms with E-state index >= 15 is 0 Å².